The van der Waals surface area contributed by atoms with Gasteiger partial charge in [0.15, 0.2) is 0 Å². The highest BCUT2D eigenvalue weighted by Crippen LogP contribution is 2.08. The van der Waals surface area contributed by atoms with Crippen molar-refractivity contribution in [1.82, 2.24) is 20.5 Å². The fourth-order valence-corrected chi connectivity index (χ4v) is 2.30. The number of rotatable bonds is 5. The Hall–Kier alpha value is -1.69. The van der Waals surface area contributed by atoms with E-state index in [1.54, 1.807) is 11.3 Å². The summed E-state index contributed by atoms with van der Waals surface area (Å²) in [6.45, 7) is 4.55. The van der Waals surface area contributed by atoms with Gasteiger partial charge in [-0.05, 0) is 25.5 Å². The van der Waals surface area contributed by atoms with Crippen molar-refractivity contribution < 1.29 is 4.79 Å². The largest absolute Gasteiger partial charge is 0.354 e. The maximum Gasteiger partial charge on any atom is 0.267 e. The number of hydrogen-bond donors (Lipinski definition) is 2. The second kappa shape index (κ2) is 5.77. The standard InChI is InChI=1S/C12H16N4OS/c1-3-9-4-5-10(14-9)12(17)13-7-6-11-16-15-8(2)18-11/h4-5,14H,3,6-7H2,1-2H3,(H,13,17). The predicted molar refractivity (Wildman–Crippen MR) is 70.9 cm³/mol. The summed E-state index contributed by atoms with van der Waals surface area (Å²) in [5.74, 6) is -0.0732. The number of hydrogen-bond acceptors (Lipinski definition) is 4. The number of aromatic amines is 1. The number of aromatic nitrogens is 3. The van der Waals surface area contributed by atoms with Crippen LogP contribution in [0.1, 0.15) is 33.1 Å². The number of aryl methyl sites for hydroxylation is 2. The first kappa shape index (κ1) is 12.8. The third-order valence-electron chi connectivity index (χ3n) is 2.56. The lowest BCUT2D eigenvalue weighted by Gasteiger charge is -2.01. The number of carbonyl (C=O) groups is 1. The zero-order valence-electron chi connectivity index (χ0n) is 10.5. The molecule has 0 aliphatic rings. The molecule has 0 radical (unpaired) electrons. The van der Waals surface area contributed by atoms with Gasteiger partial charge in [-0.15, -0.1) is 21.5 Å². The monoisotopic (exact) mass is 264 g/mol. The molecule has 0 aromatic carbocycles. The fraction of sp³-hybridized carbons (Fsp3) is 0.417. The van der Waals surface area contributed by atoms with Crippen LogP contribution in [0.4, 0.5) is 0 Å². The SMILES string of the molecule is CCc1ccc(C(=O)NCCc2nnc(C)s2)[nH]1. The zero-order valence-corrected chi connectivity index (χ0v) is 11.3. The fourth-order valence-electron chi connectivity index (χ4n) is 1.60. The van der Waals surface area contributed by atoms with Crippen LogP contribution >= 0.6 is 11.3 Å². The van der Waals surface area contributed by atoms with E-state index in [9.17, 15) is 4.79 Å². The minimum absolute atomic E-state index is 0.0732. The average molecular weight is 264 g/mol. The summed E-state index contributed by atoms with van der Waals surface area (Å²) in [6.07, 6.45) is 1.62. The lowest BCUT2D eigenvalue weighted by Crippen LogP contribution is -2.26. The molecule has 5 nitrogen and oxygen atoms in total. The Morgan fingerprint density at radius 1 is 1.44 bits per heavy atom. The molecular formula is C12H16N4OS. The highest BCUT2D eigenvalue weighted by Gasteiger charge is 2.07. The molecule has 0 atom stereocenters. The van der Waals surface area contributed by atoms with E-state index in [1.807, 2.05) is 26.0 Å². The summed E-state index contributed by atoms with van der Waals surface area (Å²) in [5, 5.41) is 12.7. The summed E-state index contributed by atoms with van der Waals surface area (Å²) >= 11 is 1.56. The van der Waals surface area contributed by atoms with Crippen LogP contribution in [-0.4, -0.2) is 27.6 Å². The van der Waals surface area contributed by atoms with Crippen molar-refractivity contribution in [3.8, 4) is 0 Å². The first-order chi connectivity index (χ1) is 8.69. The van der Waals surface area contributed by atoms with Crippen molar-refractivity contribution in [2.45, 2.75) is 26.7 Å². The van der Waals surface area contributed by atoms with Crippen LogP contribution in [0.25, 0.3) is 0 Å². The highest BCUT2D eigenvalue weighted by molar-refractivity contribution is 7.11. The second-order valence-corrected chi connectivity index (χ2v) is 5.24. The minimum atomic E-state index is -0.0732. The number of carbonyl (C=O) groups excluding carboxylic acids is 1. The maximum atomic E-state index is 11.8. The predicted octanol–water partition coefficient (Wildman–Crippen LogP) is 1.71. The molecule has 0 spiro atoms. The molecule has 0 unspecified atom stereocenters. The molecule has 18 heavy (non-hydrogen) atoms. The van der Waals surface area contributed by atoms with E-state index in [1.165, 1.54) is 0 Å². The summed E-state index contributed by atoms with van der Waals surface area (Å²) in [4.78, 5) is 14.9. The van der Waals surface area contributed by atoms with E-state index in [0.717, 1.165) is 28.6 Å². The smallest absolute Gasteiger partial charge is 0.267 e. The van der Waals surface area contributed by atoms with Gasteiger partial charge in [-0.3, -0.25) is 4.79 Å². The van der Waals surface area contributed by atoms with E-state index < -0.39 is 0 Å². The van der Waals surface area contributed by atoms with Crippen LogP contribution in [0.3, 0.4) is 0 Å². The highest BCUT2D eigenvalue weighted by atomic mass is 32.1. The molecule has 0 bridgehead atoms. The lowest BCUT2D eigenvalue weighted by molar-refractivity contribution is 0.0949. The molecule has 2 aromatic rings. The normalized spacial score (nSPS) is 10.6. The average Bonchev–Trinajstić information content (AvgIpc) is 2.98. The van der Waals surface area contributed by atoms with Crippen LogP contribution in [0.5, 0.6) is 0 Å². The zero-order chi connectivity index (χ0) is 13.0. The van der Waals surface area contributed by atoms with Crippen molar-refractivity contribution in [3.05, 3.63) is 33.5 Å². The molecule has 6 heteroatoms. The Bertz CT molecular complexity index is 532. The van der Waals surface area contributed by atoms with Crippen LogP contribution in [0.15, 0.2) is 12.1 Å². The van der Waals surface area contributed by atoms with Gasteiger partial charge in [0.1, 0.15) is 15.7 Å². The molecule has 1 amide bonds. The van der Waals surface area contributed by atoms with Crippen molar-refractivity contribution >= 4 is 17.2 Å². The summed E-state index contributed by atoms with van der Waals surface area (Å²) in [6, 6.07) is 3.74. The number of nitrogens with zero attached hydrogens (tertiary/aromatic N) is 2. The Balaban J connectivity index is 1.81. The van der Waals surface area contributed by atoms with Crippen LogP contribution in [0, 0.1) is 6.92 Å². The van der Waals surface area contributed by atoms with Crippen molar-refractivity contribution in [2.75, 3.05) is 6.54 Å². The molecule has 2 N–H and O–H groups in total. The molecule has 2 aromatic heterocycles. The number of amides is 1. The van der Waals surface area contributed by atoms with E-state index in [-0.39, 0.29) is 5.91 Å². The maximum absolute atomic E-state index is 11.8. The summed E-state index contributed by atoms with van der Waals surface area (Å²) in [5.41, 5.74) is 1.68. The van der Waals surface area contributed by atoms with Gasteiger partial charge in [-0.2, -0.15) is 0 Å². The third-order valence-corrected chi connectivity index (χ3v) is 3.46. The Morgan fingerprint density at radius 3 is 2.89 bits per heavy atom. The Labute approximate surface area is 110 Å². The molecule has 0 saturated carbocycles. The van der Waals surface area contributed by atoms with E-state index in [2.05, 4.69) is 20.5 Å². The van der Waals surface area contributed by atoms with Gasteiger partial charge < -0.3 is 10.3 Å². The van der Waals surface area contributed by atoms with Gasteiger partial charge in [0.05, 0.1) is 0 Å². The van der Waals surface area contributed by atoms with Gasteiger partial charge in [0, 0.05) is 18.7 Å². The molecule has 0 aliphatic carbocycles. The van der Waals surface area contributed by atoms with E-state index >= 15 is 0 Å². The Morgan fingerprint density at radius 2 is 2.28 bits per heavy atom. The molecule has 96 valence electrons. The molecular weight excluding hydrogens is 248 g/mol. The Kier molecular flexibility index (Phi) is 4.09. The van der Waals surface area contributed by atoms with Gasteiger partial charge in [0.25, 0.3) is 5.91 Å². The third kappa shape index (κ3) is 3.16. The number of nitrogens with one attached hydrogen (secondary N) is 2. The van der Waals surface area contributed by atoms with E-state index in [4.69, 9.17) is 0 Å². The minimum Gasteiger partial charge on any atom is -0.354 e. The topological polar surface area (TPSA) is 70.7 Å². The van der Waals surface area contributed by atoms with Gasteiger partial charge in [-0.1, -0.05) is 6.92 Å². The summed E-state index contributed by atoms with van der Waals surface area (Å²) in [7, 11) is 0. The summed E-state index contributed by atoms with van der Waals surface area (Å²) < 4.78 is 0. The second-order valence-electron chi connectivity index (χ2n) is 3.97. The van der Waals surface area contributed by atoms with Crippen molar-refractivity contribution in [3.63, 3.8) is 0 Å². The number of H-pyrrole nitrogens is 1. The van der Waals surface area contributed by atoms with Crippen LogP contribution in [-0.2, 0) is 12.8 Å². The molecule has 2 rings (SSSR count). The molecule has 2 heterocycles. The molecule has 0 fully saturated rings. The quantitative estimate of drug-likeness (QED) is 0.863. The van der Waals surface area contributed by atoms with Crippen LogP contribution in [0.2, 0.25) is 0 Å². The first-order valence-corrected chi connectivity index (χ1v) is 6.75. The molecule has 0 saturated heterocycles. The van der Waals surface area contributed by atoms with Gasteiger partial charge in [-0.25, -0.2) is 0 Å². The first-order valence-electron chi connectivity index (χ1n) is 5.94. The van der Waals surface area contributed by atoms with Crippen LogP contribution < -0.4 is 5.32 Å². The lowest BCUT2D eigenvalue weighted by atomic mass is 10.3. The van der Waals surface area contributed by atoms with Gasteiger partial charge in [0.2, 0.25) is 0 Å². The van der Waals surface area contributed by atoms with Crippen molar-refractivity contribution in [1.29, 1.82) is 0 Å². The molecule has 0 aliphatic heterocycles. The van der Waals surface area contributed by atoms with E-state index in [0.29, 0.717) is 12.2 Å². The van der Waals surface area contributed by atoms with Gasteiger partial charge >= 0.3 is 0 Å². The van der Waals surface area contributed by atoms with Crippen molar-refractivity contribution in [2.24, 2.45) is 0 Å².